The Morgan fingerprint density at radius 2 is 1.90 bits per heavy atom. The molecular formula is C22H22N2O5S. The Labute approximate surface area is 179 Å². The molecule has 0 atom stereocenters. The highest BCUT2D eigenvalue weighted by molar-refractivity contribution is 8.18. The van der Waals surface area contributed by atoms with Gasteiger partial charge in [-0.2, -0.15) is 0 Å². The third kappa shape index (κ3) is 4.65. The summed E-state index contributed by atoms with van der Waals surface area (Å²) < 4.78 is 10.9. The molecule has 0 bridgehead atoms. The number of carboxylic acids is 1. The van der Waals surface area contributed by atoms with Gasteiger partial charge < -0.3 is 14.6 Å². The van der Waals surface area contributed by atoms with Crippen molar-refractivity contribution in [2.45, 2.75) is 13.8 Å². The van der Waals surface area contributed by atoms with Gasteiger partial charge in [-0.05, 0) is 73.6 Å². The van der Waals surface area contributed by atoms with Crippen LogP contribution in [0.15, 0.2) is 52.4 Å². The quantitative estimate of drug-likeness (QED) is 0.660. The monoisotopic (exact) mass is 426 g/mol. The zero-order chi connectivity index (χ0) is 21.7. The van der Waals surface area contributed by atoms with Crippen LogP contribution in [0, 0.1) is 0 Å². The molecule has 0 aromatic heterocycles. The van der Waals surface area contributed by atoms with Crippen molar-refractivity contribution >= 4 is 40.6 Å². The van der Waals surface area contributed by atoms with Crippen molar-refractivity contribution in [2.24, 2.45) is 4.99 Å². The van der Waals surface area contributed by atoms with Crippen molar-refractivity contribution in [2.75, 3.05) is 20.3 Å². The van der Waals surface area contributed by atoms with E-state index in [0.717, 1.165) is 5.56 Å². The summed E-state index contributed by atoms with van der Waals surface area (Å²) in [4.78, 5) is 30.5. The number of likely N-dealkylation sites (N-methyl/N-ethyl adjacent to an activating group) is 1. The van der Waals surface area contributed by atoms with Gasteiger partial charge in [0.1, 0.15) is 0 Å². The number of methoxy groups -OCH3 is 1. The molecule has 7 nitrogen and oxygen atoms in total. The molecule has 1 aliphatic heterocycles. The number of aromatic carboxylic acids is 1. The normalized spacial score (nSPS) is 16.4. The molecule has 1 aliphatic rings. The van der Waals surface area contributed by atoms with Gasteiger partial charge in [0.2, 0.25) is 0 Å². The van der Waals surface area contributed by atoms with Crippen LogP contribution < -0.4 is 9.47 Å². The van der Waals surface area contributed by atoms with Gasteiger partial charge >= 0.3 is 5.97 Å². The van der Waals surface area contributed by atoms with E-state index in [0.29, 0.717) is 40.4 Å². The van der Waals surface area contributed by atoms with Gasteiger partial charge in [-0.15, -0.1) is 0 Å². The number of amidine groups is 1. The number of aliphatic imine (C=N–C) groups is 1. The topological polar surface area (TPSA) is 88.4 Å². The summed E-state index contributed by atoms with van der Waals surface area (Å²) in [5.74, 6) is 0.123. The highest BCUT2D eigenvalue weighted by Crippen LogP contribution is 2.35. The van der Waals surface area contributed by atoms with Crippen LogP contribution in [-0.2, 0) is 4.79 Å². The van der Waals surface area contributed by atoms with E-state index in [4.69, 9.17) is 14.6 Å². The van der Waals surface area contributed by atoms with E-state index in [9.17, 15) is 9.59 Å². The third-order valence-electron chi connectivity index (χ3n) is 4.33. The van der Waals surface area contributed by atoms with E-state index >= 15 is 0 Å². The Bertz CT molecular complexity index is 1010. The lowest BCUT2D eigenvalue weighted by Gasteiger charge is -2.12. The highest BCUT2D eigenvalue weighted by atomic mass is 32.2. The second kappa shape index (κ2) is 9.49. The van der Waals surface area contributed by atoms with Crippen LogP contribution in [0.4, 0.5) is 5.69 Å². The summed E-state index contributed by atoms with van der Waals surface area (Å²) in [5, 5.41) is 9.57. The summed E-state index contributed by atoms with van der Waals surface area (Å²) in [6, 6.07) is 11.7. The van der Waals surface area contributed by atoms with Crippen LogP contribution in [0.2, 0.25) is 0 Å². The largest absolute Gasteiger partial charge is 0.493 e. The number of hydrogen-bond donors (Lipinski definition) is 1. The van der Waals surface area contributed by atoms with Crippen LogP contribution in [-0.4, -0.2) is 47.3 Å². The summed E-state index contributed by atoms with van der Waals surface area (Å²) in [7, 11) is 1.57. The molecule has 0 saturated carbocycles. The standard InChI is InChI=1S/C22H22N2O5S/c1-4-24-20(25)19(13-14-6-11-17(29-5-2)18(12-14)28-3)30-22(24)23-16-9-7-15(8-10-16)21(26)27/h6-13H,4-5H2,1-3H3,(H,26,27)/b19-13+,23-22?. The second-order valence-electron chi connectivity index (χ2n) is 6.25. The fourth-order valence-electron chi connectivity index (χ4n) is 2.86. The zero-order valence-corrected chi connectivity index (χ0v) is 17.7. The minimum atomic E-state index is -0.995. The molecule has 0 spiro atoms. The van der Waals surface area contributed by atoms with E-state index in [2.05, 4.69) is 4.99 Å². The SMILES string of the molecule is CCOc1ccc(/C=C2/SC(=Nc3ccc(C(=O)O)cc3)N(CC)C2=O)cc1OC. The van der Waals surface area contributed by atoms with E-state index in [1.54, 1.807) is 30.2 Å². The molecule has 30 heavy (non-hydrogen) atoms. The van der Waals surface area contributed by atoms with E-state index < -0.39 is 5.97 Å². The van der Waals surface area contributed by atoms with E-state index in [-0.39, 0.29) is 11.5 Å². The number of rotatable bonds is 7. The summed E-state index contributed by atoms with van der Waals surface area (Å²) in [6.45, 7) is 4.79. The molecule has 1 amide bonds. The van der Waals surface area contributed by atoms with Crippen LogP contribution >= 0.6 is 11.8 Å². The average Bonchev–Trinajstić information content (AvgIpc) is 3.03. The minimum absolute atomic E-state index is 0.128. The lowest BCUT2D eigenvalue weighted by molar-refractivity contribution is -0.122. The second-order valence-corrected chi connectivity index (χ2v) is 7.26. The first-order valence-corrected chi connectivity index (χ1v) is 10.2. The molecule has 156 valence electrons. The van der Waals surface area contributed by atoms with Crippen molar-refractivity contribution in [1.29, 1.82) is 0 Å². The van der Waals surface area contributed by atoms with Gasteiger partial charge in [-0.1, -0.05) is 6.07 Å². The van der Waals surface area contributed by atoms with Crippen molar-refractivity contribution in [3.63, 3.8) is 0 Å². The zero-order valence-electron chi connectivity index (χ0n) is 16.9. The van der Waals surface area contributed by atoms with Gasteiger partial charge in [0, 0.05) is 6.54 Å². The van der Waals surface area contributed by atoms with Crippen LogP contribution in [0.5, 0.6) is 11.5 Å². The maximum atomic E-state index is 12.8. The minimum Gasteiger partial charge on any atom is -0.493 e. The molecular weight excluding hydrogens is 404 g/mol. The first kappa shape index (κ1) is 21.4. The molecule has 1 fully saturated rings. The predicted molar refractivity (Wildman–Crippen MR) is 118 cm³/mol. The number of thioether (sulfide) groups is 1. The number of carbonyl (C=O) groups excluding carboxylic acids is 1. The Hall–Kier alpha value is -3.26. The molecule has 2 aromatic carbocycles. The van der Waals surface area contributed by atoms with Crippen molar-refractivity contribution < 1.29 is 24.2 Å². The molecule has 1 saturated heterocycles. The number of nitrogens with zero attached hydrogens (tertiary/aromatic N) is 2. The molecule has 1 heterocycles. The lowest BCUT2D eigenvalue weighted by Crippen LogP contribution is -2.28. The van der Waals surface area contributed by atoms with Crippen molar-refractivity contribution in [3.05, 3.63) is 58.5 Å². The molecule has 3 rings (SSSR count). The van der Waals surface area contributed by atoms with Crippen LogP contribution in [0.3, 0.4) is 0 Å². The lowest BCUT2D eigenvalue weighted by atomic mass is 10.2. The number of benzene rings is 2. The fourth-order valence-corrected chi connectivity index (χ4v) is 3.92. The van der Waals surface area contributed by atoms with Crippen molar-refractivity contribution in [3.8, 4) is 11.5 Å². The Morgan fingerprint density at radius 3 is 2.50 bits per heavy atom. The fraction of sp³-hybridized carbons (Fsp3) is 0.227. The summed E-state index contributed by atoms with van der Waals surface area (Å²) in [5.41, 5.74) is 1.58. The van der Waals surface area contributed by atoms with Gasteiger partial charge in [-0.25, -0.2) is 9.79 Å². The summed E-state index contributed by atoms with van der Waals surface area (Å²) in [6.07, 6.45) is 1.80. The van der Waals surface area contributed by atoms with Crippen LogP contribution in [0.25, 0.3) is 6.08 Å². The maximum Gasteiger partial charge on any atom is 0.335 e. The van der Waals surface area contributed by atoms with Crippen molar-refractivity contribution in [1.82, 2.24) is 4.90 Å². The highest BCUT2D eigenvalue weighted by Gasteiger charge is 2.32. The first-order chi connectivity index (χ1) is 14.5. The summed E-state index contributed by atoms with van der Waals surface area (Å²) >= 11 is 1.28. The Balaban J connectivity index is 1.89. The molecule has 8 heteroatoms. The molecule has 0 unspecified atom stereocenters. The van der Waals surface area contributed by atoms with Crippen LogP contribution in [0.1, 0.15) is 29.8 Å². The Kier molecular flexibility index (Phi) is 6.79. The van der Waals surface area contributed by atoms with Gasteiger partial charge in [0.15, 0.2) is 16.7 Å². The molecule has 0 aliphatic carbocycles. The van der Waals surface area contributed by atoms with E-state index in [1.807, 2.05) is 32.0 Å². The smallest absolute Gasteiger partial charge is 0.335 e. The maximum absolute atomic E-state index is 12.8. The number of carboxylic acid groups (broad SMARTS) is 1. The number of carbonyl (C=O) groups is 2. The Morgan fingerprint density at radius 1 is 1.17 bits per heavy atom. The average molecular weight is 426 g/mol. The predicted octanol–water partition coefficient (Wildman–Crippen LogP) is 4.42. The number of amides is 1. The molecule has 1 N–H and O–H groups in total. The first-order valence-electron chi connectivity index (χ1n) is 9.41. The van der Waals surface area contributed by atoms with E-state index in [1.165, 1.54) is 23.9 Å². The third-order valence-corrected chi connectivity index (χ3v) is 5.34. The van der Waals surface area contributed by atoms with Gasteiger partial charge in [0.05, 0.1) is 29.9 Å². The molecule has 2 aromatic rings. The molecule has 0 radical (unpaired) electrons. The van der Waals surface area contributed by atoms with Gasteiger partial charge in [0.25, 0.3) is 5.91 Å². The van der Waals surface area contributed by atoms with Gasteiger partial charge in [-0.3, -0.25) is 9.69 Å². The number of ether oxygens (including phenoxy) is 2. The number of hydrogen-bond acceptors (Lipinski definition) is 6.